The van der Waals surface area contributed by atoms with E-state index in [1.54, 1.807) is 6.07 Å². The predicted molar refractivity (Wildman–Crippen MR) is 79.0 cm³/mol. The number of nitrogens with two attached hydrogens (primary N) is 1. The SMILES string of the molecule is Cc1ccc(NC(=O)[C@@H]2CC[C@H](CN)O2)cc1Cl.Cl. The highest BCUT2D eigenvalue weighted by Gasteiger charge is 2.29. The molecule has 1 aromatic carbocycles. The second kappa shape index (κ2) is 7.10. The van der Waals surface area contributed by atoms with Crippen LogP contribution < -0.4 is 11.1 Å². The van der Waals surface area contributed by atoms with Gasteiger partial charge in [0.15, 0.2) is 0 Å². The summed E-state index contributed by atoms with van der Waals surface area (Å²) >= 11 is 6.00. The van der Waals surface area contributed by atoms with Crippen LogP contribution in [-0.2, 0) is 9.53 Å². The molecule has 1 fully saturated rings. The number of ether oxygens (including phenoxy) is 1. The first-order chi connectivity index (χ1) is 8.60. The molecule has 1 aliphatic rings. The number of hydrogen-bond donors (Lipinski definition) is 2. The Morgan fingerprint density at radius 2 is 2.26 bits per heavy atom. The van der Waals surface area contributed by atoms with Gasteiger partial charge in [0, 0.05) is 17.3 Å². The molecule has 1 aromatic rings. The lowest BCUT2D eigenvalue weighted by Crippen LogP contribution is -2.29. The largest absolute Gasteiger partial charge is 0.364 e. The molecule has 6 heteroatoms. The number of halogens is 2. The second-order valence-electron chi connectivity index (χ2n) is 4.51. The topological polar surface area (TPSA) is 64.4 Å². The fraction of sp³-hybridized carbons (Fsp3) is 0.462. The fourth-order valence-electron chi connectivity index (χ4n) is 1.97. The third-order valence-electron chi connectivity index (χ3n) is 3.10. The van der Waals surface area contributed by atoms with Gasteiger partial charge in [0.2, 0.25) is 0 Å². The Hall–Kier alpha value is -0.810. The second-order valence-corrected chi connectivity index (χ2v) is 4.92. The van der Waals surface area contributed by atoms with E-state index < -0.39 is 6.10 Å². The van der Waals surface area contributed by atoms with Gasteiger partial charge in [-0.15, -0.1) is 12.4 Å². The number of aryl methyl sites for hydroxylation is 1. The van der Waals surface area contributed by atoms with Crippen molar-refractivity contribution in [3.8, 4) is 0 Å². The van der Waals surface area contributed by atoms with Crippen molar-refractivity contribution in [2.75, 3.05) is 11.9 Å². The van der Waals surface area contributed by atoms with Crippen LogP contribution in [-0.4, -0.2) is 24.7 Å². The van der Waals surface area contributed by atoms with Crippen molar-refractivity contribution in [1.82, 2.24) is 0 Å². The highest BCUT2D eigenvalue weighted by Crippen LogP contribution is 2.23. The van der Waals surface area contributed by atoms with Crippen molar-refractivity contribution in [1.29, 1.82) is 0 Å². The lowest BCUT2D eigenvalue weighted by Gasteiger charge is -2.13. The normalized spacial score (nSPS) is 21.8. The number of nitrogens with one attached hydrogen (secondary N) is 1. The maximum absolute atomic E-state index is 12.0. The molecular formula is C13H18Cl2N2O2. The quantitative estimate of drug-likeness (QED) is 0.902. The number of amides is 1. The lowest BCUT2D eigenvalue weighted by atomic mass is 10.2. The molecule has 2 atom stereocenters. The van der Waals surface area contributed by atoms with Gasteiger partial charge in [-0.1, -0.05) is 17.7 Å². The maximum atomic E-state index is 12.0. The molecule has 106 valence electrons. The molecule has 0 radical (unpaired) electrons. The van der Waals surface area contributed by atoms with Crippen LogP contribution in [0.15, 0.2) is 18.2 Å². The Balaban J connectivity index is 0.00000180. The van der Waals surface area contributed by atoms with Gasteiger partial charge in [0.1, 0.15) is 6.10 Å². The van der Waals surface area contributed by atoms with Crippen LogP contribution in [0.3, 0.4) is 0 Å². The summed E-state index contributed by atoms with van der Waals surface area (Å²) in [6, 6.07) is 5.44. The third-order valence-corrected chi connectivity index (χ3v) is 3.51. The number of carbonyl (C=O) groups excluding carboxylic acids is 1. The number of hydrogen-bond acceptors (Lipinski definition) is 3. The average Bonchev–Trinajstić information content (AvgIpc) is 2.82. The van der Waals surface area contributed by atoms with Gasteiger partial charge < -0.3 is 15.8 Å². The first kappa shape index (κ1) is 16.2. The molecule has 1 saturated heterocycles. The fourth-order valence-corrected chi connectivity index (χ4v) is 2.15. The predicted octanol–water partition coefficient (Wildman–Crippen LogP) is 2.52. The van der Waals surface area contributed by atoms with E-state index >= 15 is 0 Å². The zero-order chi connectivity index (χ0) is 13.1. The van der Waals surface area contributed by atoms with Crippen molar-refractivity contribution >= 4 is 35.6 Å². The van der Waals surface area contributed by atoms with Gasteiger partial charge in [0.25, 0.3) is 5.91 Å². The van der Waals surface area contributed by atoms with Crippen LogP contribution in [0.4, 0.5) is 5.69 Å². The Morgan fingerprint density at radius 3 is 2.84 bits per heavy atom. The average molecular weight is 305 g/mol. The summed E-state index contributed by atoms with van der Waals surface area (Å²) in [7, 11) is 0. The summed E-state index contributed by atoms with van der Waals surface area (Å²) in [6.45, 7) is 2.38. The van der Waals surface area contributed by atoms with Crippen LogP contribution in [0.25, 0.3) is 0 Å². The molecule has 0 bridgehead atoms. The van der Waals surface area contributed by atoms with Gasteiger partial charge in [-0.2, -0.15) is 0 Å². The molecular weight excluding hydrogens is 287 g/mol. The highest BCUT2D eigenvalue weighted by molar-refractivity contribution is 6.31. The molecule has 0 unspecified atom stereocenters. The number of rotatable bonds is 3. The summed E-state index contributed by atoms with van der Waals surface area (Å²) in [5, 5.41) is 3.45. The van der Waals surface area contributed by atoms with Gasteiger partial charge >= 0.3 is 0 Å². The molecule has 0 aromatic heterocycles. The Labute approximate surface area is 124 Å². The van der Waals surface area contributed by atoms with E-state index in [9.17, 15) is 4.79 Å². The first-order valence-electron chi connectivity index (χ1n) is 6.02. The first-order valence-corrected chi connectivity index (χ1v) is 6.40. The van der Waals surface area contributed by atoms with E-state index in [-0.39, 0.29) is 24.4 Å². The van der Waals surface area contributed by atoms with E-state index in [0.29, 0.717) is 23.7 Å². The third kappa shape index (κ3) is 4.08. The van der Waals surface area contributed by atoms with Crippen molar-refractivity contribution in [2.24, 2.45) is 5.73 Å². The molecule has 3 N–H and O–H groups in total. The monoisotopic (exact) mass is 304 g/mol. The Bertz CT molecular complexity index is 454. The van der Waals surface area contributed by atoms with Crippen LogP contribution >= 0.6 is 24.0 Å². The molecule has 0 spiro atoms. The summed E-state index contributed by atoms with van der Waals surface area (Å²) in [6.07, 6.45) is 1.15. The minimum absolute atomic E-state index is 0. The van der Waals surface area contributed by atoms with Crippen LogP contribution in [0.5, 0.6) is 0 Å². The molecule has 1 amide bonds. The molecule has 0 aliphatic carbocycles. The van der Waals surface area contributed by atoms with Gasteiger partial charge in [-0.25, -0.2) is 0 Å². The van der Waals surface area contributed by atoms with Crippen LogP contribution in [0.1, 0.15) is 18.4 Å². The van der Waals surface area contributed by atoms with Gasteiger partial charge in [-0.3, -0.25) is 4.79 Å². The zero-order valence-corrected chi connectivity index (χ0v) is 12.3. The summed E-state index contributed by atoms with van der Waals surface area (Å²) in [5.41, 5.74) is 7.18. The van der Waals surface area contributed by atoms with Gasteiger partial charge in [-0.05, 0) is 37.5 Å². The van der Waals surface area contributed by atoms with Crippen molar-refractivity contribution < 1.29 is 9.53 Å². The number of anilines is 1. The van der Waals surface area contributed by atoms with Crippen molar-refractivity contribution in [2.45, 2.75) is 32.0 Å². The Morgan fingerprint density at radius 1 is 1.53 bits per heavy atom. The summed E-state index contributed by atoms with van der Waals surface area (Å²) in [4.78, 5) is 12.0. The van der Waals surface area contributed by atoms with E-state index in [2.05, 4.69) is 5.32 Å². The zero-order valence-electron chi connectivity index (χ0n) is 10.7. The highest BCUT2D eigenvalue weighted by atomic mass is 35.5. The van der Waals surface area contributed by atoms with Crippen molar-refractivity contribution in [3.05, 3.63) is 28.8 Å². The molecule has 19 heavy (non-hydrogen) atoms. The van der Waals surface area contributed by atoms with E-state index in [0.717, 1.165) is 12.0 Å². The number of benzene rings is 1. The standard InChI is InChI=1S/C13H17ClN2O2.ClH/c1-8-2-3-9(6-11(8)14)16-13(17)12-5-4-10(7-15)18-12;/h2-3,6,10,12H,4-5,7,15H2,1H3,(H,16,17);1H/t10-,12+;/m1./s1. The van der Waals surface area contributed by atoms with Crippen LogP contribution in [0, 0.1) is 6.92 Å². The maximum Gasteiger partial charge on any atom is 0.253 e. The summed E-state index contributed by atoms with van der Waals surface area (Å²) < 4.78 is 5.53. The number of carbonyl (C=O) groups is 1. The minimum Gasteiger partial charge on any atom is -0.364 e. The Kier molecular flexibility index (Phi) is 6.07. The molecule has 2 rings (SSSR count). The summed E-state index contributed by atoms with van der Waals surface area (Å²) in [5.74, 6) is -0.133. The van der Waals surface area contributed by atoms with E-state index in [4.69, 9.17) is 22.1 Å². The van der Waals surface area contributed by atoms with Gasteiger partial charge in [0.05, 0.1) is 6.10 Å². The molecule has 1 heterocycles. The molecule has 4 nitrogen and oxygen atoms in total. The molecule has 0 saturated carbocycles. The van der Waals surface area contributed by atoms with E-state index in [1.165, 1.54) is 0 Å². The smallest absolute Gasteiger partial charge is 0.253 e. The van der Waals surface area contributed by atoms with Crippen molar-refractivity contribution in [3.63, 3.8) is 0 Å². The van der Waals surface area contributed by atoms with E-state index in [1.807, 2.05) is 19.1 Å². The molecule has 1 aliphatic heterocycles. The lowest BCUT2D eigenvalue weighted by molar-refractivity contribution is -0.126. The minimum atomic E-state index is -0.404. The van der Waals surface area contributed by atoms with Crippen LogP contribution in [0.2, 0.25) is 5.02 Å².